The van der Waals surface area contributed by atoms with Crippen LogP contribution in [-0.4, -0.2) is 54.0 Å². The van der Waals surface area contributed by atoms with Crippen LogP contribution in [0.25, 0.3) is 0 Å². The van der Waals surface area contributed by atoms with E-state index in [2.05, 4.69) is 18.3 Å². The molecule has 2 atom stereocenters. The highest BCUT2D eigenvalue weighted by Gasteiger charge is 2.36. The van der Waals surface area contributed by atoms with Crippen LogP contribution in [0.3, 0.4) is 0 Å². The van der Waals surface area contributed by atoms with Gasteiger partial charge in [0.1, 0.15) is 11.5 Å². The first-order valence-electron chi connectivity index (χ1n) is 9.52. The molecule has 1 aromatic heterocycles. The molecule has 0 bridgehead atoms. The second-order valence-electron chi connectivity index (χ2n) is 7.66. The Hall–Kier alpha value is -1.98. The van der Waals surface area contributed by atoms with Gasteiger partial charge in [0, 0.05) is 51.0 Å². The molecule has 6 heteroatoms. The minimum absolute atomic E-state index is 0.0448. The topological polar surface area (TPSA) is 65.8 Å². The van der Waals surface area contributed by atoms with Crippen molar-refractivity contribution in [3.63, 3.8) is 0 Å². The van der Waals surface area contributed by atoms with E-state index < -0.39 is 0 Å². The third-order valence-electron chi connectivity index (χ3n) is 5.89. The second kappa shape index (κ2) is 6.73. The zero-order valence-corrected chi connectivity index (χ0v) is 14.9. The molecular formula is C19H27N3O3. The van der Waals surface area contributed by atoms with Crippen LogP contribution < -0.4 is 5.32 Å². The number of carbonyl (C=O) groups excluding carboxylic acids is 2. The van der Waals surface area contributed by atoms with Gasteiger partial charge in [-0.15, -0.1) is 0 Å². The van der Waals surface area contributed by atoms with Gasteiger partial charge < -0.3 is 19.5 Å². The smallest absolute Gasteiger partial charge is 0.317 e. The predicted octanol–water partition coefficient (Wildman–Crippen LogP) is 2.35. The van der Waals surface area contributed by atoms with E-state index in [4.69, 9.17) is 4.42 Å². The highest BCUT2D eigenvalue weighted by atomic mass is 16.3. The number of carbonyl (C=O) groups is 2. The zero-order chi connectivity index (χ0) is 17.4. The van der Waals surface area contributed by atoms with E-state index in [0.717, 1.165) is 56.5 Å². The van der Waals surface area contributed by atoms with Gasteiger partial charge in [-0.2, -0.15) is 0 Å². The first-order valence-corrected chi connectivity index (χ1v) is 9.52. The fourth-order valence-corrected chi connectivity index (χ4v) is 4.10. The molecule has 1 aliphatic carbocycles. The van der Waals surface area contributed by atoms with Gasteiger partial charge in [0.15, 0.2) is 0 Å². The number of piperidine rings is 1. The number of nitrogens with zero attached hydrogens (tertiary/aromatic N) is 2. The molecule has 25 heavy (non-hydrogen) atoms. The van der Waals surface area contributed by atoms with Crippen molar-refractivity contribution < 1.29 is 14.0 Å². The summed E-state index contributed by atoms with van der Waals surface area (Å²) in [6.45, 7) is 5.26. The Bertz CT molecular complexity index is 648. The second-order valence-corrected chi connectivity index (χ2v) is 7.66. The van der Waals surface area contributed by atoms with E-state index >= 15 is 0 Å². The van der Waals surface area contributed by atoms with Crippen LogP contribution in [0.2, 0.25) is 0 Å². The molecule has 4 rings (SSSR count). The lowest BCUT2D eigenvalue weighted by atomic mass is 10.0. The Morgan fingerprint density at radius 1 is 1.28 bits per heavy atom. The quantitative estimate of drug-likeness (QED) is 0.891. The molecule has 1 saturated carbocycles. The summed E-state index contributed by atoms with van der Waals surface area (Å²) >= 11 is 0. The molecule has 3 amide bonds. The summed E-state index contributed by atoms with van der Waals surface area (Å²) in [4.78, 5) is 28.1. The monoisotopic (exact) mass is 345 g/mol. The summed E-state index contributed by atoms with van der Waals surface area (Å²) in [7, 11) is 0. The molecule has 2 saturated heterocycles. The summed E-state index contributed by atoms with van der Waals surface area (Å²) in [5.41, 5.74) is 0. The van der Waals surface area contributed by atoms with Crippen molar-refractivity contribution in [3.8, 4) is 0 Å². The highest BCUT2D eigenvalue weighted by Crippen LogP contribution is 2.47. The third kappa shape index (κ3) is 3.53. The van der Waals surface area contributed by atoms with Crippen molar-refractivity contribution in [2.24, 2.45) is 5.92 Å². The van der Waals surface area contributed by atoms with E-state index in [1.54, 1.807) is 0 Å². The van der Waals surface area contributed by atoms with Crippen molar-refractivity contribution in [2.45, 2.75) is 51.0 Å². The molecule has 0 spiro atoms. The molecule has 1 aromatic rings. The average molecular weight is 345 g/mol. The lowest BCUT2D eigenvalue weighted by molar-refractivity contribution is -0.132. The summed E-state index contributed by atoms with van der Waals surface area (Å²) in [6, 6.07) is 4.41. The molecule has 3 aliphatic rings. The first kappa shape index (κ1) is 16.5. The molecule has 6 nitrogen and oxygen atoms in total. The molecule has 1 N–H and O–H groups in total. The number of aryl methyl sites for hydroxylation is 1. The normalized spacial score (nSPS) is 26.8. The Morgan fingerprint density at radius 3 is 2.68 bits per heavy atom. The average Bonchev–Trinajstić information content (AvgIpc) is 3.01. The van der Waals surface area contributed by atoms with Gasteiger partial charge >= 0.3 is 6.03 Å². The van der Waals surface area contributed by atoms with Crippen LogP contribution in [0.5, 0.6) is 0 Å². The van der Waals surface area contributed by atoms with Crippen LogP contribution >= 0.6 is 0 Å². The van der Waals surface area contributed by atoms with Gasteiger partial charge in [0.05, 0.1) is 0 Å². The Balaban J connectivity index is 1.22. The zero-order valence-electron chi connectivity index (χ0n) is 14.9. The SMILES string of the molecule is CC1CC1c1ccc(CCC(=O)N2CCC(N3CCNC3=O)CC2)o1. The van der Waals surface area contributed by atoms with Gasteiger partial charge in [-0.3, -0.25) is 4.79 Å². The largest absolute Gasteiger partial charge is 0.466 e. The first-order chi connectivity index (χ1) is 12.1. The number of urea groups is 1. The lowest BCUT2D eigenvalue weighted by Crippen LogP contribution is -2.47. The molecule has 2 aliphatic heterocycles. The van der Waals surface area contributed by atoms with Crippen molar-refractivity contribution in [2.75, 3.05) is 26.2 Å². The van der Waals surface area contributed by atoms with Gasteiger partial charge in [-0.1, -0.05) is 6.92 Å². The predicted molar refractivity (Wildman–Crippen MR) is 93.3 cm³/mol. The van der Waals surface area contributed by atoms with Crippen molar-refractivity contribution in [1.82, 2.24) is 15.1 Å². The number of furan rings is 1. The maximum Gasteiger partial charge on any atom is 0.317 e. The van der Waals surface area contributed by atoms with E-state index in [-0.39, 0.29) is 18.0 Å². The highest BCUT2D eigenvalue weighted by molar-refractivity contribution is 5.77. The summed E-state index contributed by atoms with van der Waals surface area (Å²) < 4.78 is 5.89. The lowest BCUT2D eigenvalue weighted by Gasteiger charge is -2.36. The number of likely N-dealkylation sites (tertiary alicyclic amines) is 1. The molecule has 136 valence electrons. The van der Waals surface area contributed by atoms with Crippen LogP contribution in [0.15, 0.2) is 16.5 Å². The number of amides is 3. The standard InChI is InChI=1S/C19H27N3O3/c1-13-12-16(13)17-4-2-15(25-17)3-5-18(23)21-9-6-14(7-10-21)22-11-8-20-19(22)24/h2,4,13-14,16H,3,5-12H2,1H3,(H,20,24). The number of hydrogen-bond donors (Lipinski definition) is 1. The van der Waals surface area contributed by atoms with Crippen LogP contribution in [0.4, 0.5) is 4.79 Å². The van der Waals surface area contributed by atoms with Gasteiger partial charge in [0.2, 0.25) is 5.91 Å². The molecule has 2 unspecified atom stereocenters. The molecule has 3 heterocycles. The minimum Gasteiger partial charge on any atom is -0.466 e. The van der Waals surface area contributed by atoms with Crippen LogP contribution in [0, 0.1) is 5.92 Å². The van der Waals surface area contributed by atoms with E-state index in [9.17, 15) is 9.59 Å². The molecular weight excluding hydrogens is 318 g/mol. The Labute approximate surface area is 148 Å². The fourth-order valence-electron chi connectivity index (χ4n) is 4.10. The summed E-state index contributed by atoms with van der Waals surface area (Å²) in [5.74, 6) is 3.53. The van der Waals surface area contributed by atoms with Crippen molar-refractivity contribution in [3.05, 3.63) is 23.7 Å². The van der Waals surface area contributed by atoms with E-state index in [1.165, 1.54) is 6.42 Å². The number of rotatable bonds is 5. The third-order valence-corrected chi connectivity index (χ3v) is 5.89. The van der Waals surface area contributed by atoms with Gasteiger partial charge in [-0.05, 0) is 37.3 Å². The number of nitrogens with one attached hydrogen (secondary N) is 1. The molecule has 0 radical (unpaired) electrons. The fraction of sp³-hybridized carbons (Fsp3) is 0.684. The molecule has 3 fully saturated rings. The van der Waals surface area contributed by atoms with Gasteiger partial charge in [0.25, 0.3) is 0 Å². The number of hydrogen-bond acceptors (Lipinski definition) is 3. The minimum atomic E-state index is 0.0448. The van der Waals surface area contributed by atoms with Crippen LogP contribution in [-0.2, 0) is 11.2 Å². The summed E-state index contributed by atoms with van der Waals surface area (Å²) in [5, 5.41) is 2.85. The van der Waals surface area contributed by atoms with E-state index in [1.807, 2.05) is 15.9 Å². The molecule has 0 aromatic carbocycles. The van der Waals surface area contributed by atoms with Crippen LogP contribution in [0.1, 0.15) is 50.0 Å². The van der Waals surface area contributed by atoms with Crippen molar-refractivity contribution in [1.29, 1.82) is 0 Å². The maximum absolute atomic E-state index is 12.5. The van der Waals surface area contributed by atoms with Crippen molar-refractivity contribution >= 4 is 11.9 Å². The Morgan fingerprint density at radius 2 is 2.04 bits per heavy atom. The van der Waals surface area contributed by atoms with Gasteiger partial charge in [-0.25, -0.2) is 4.79 Å². The van der Waals surface area contributed by atoms with E-state index in [0.29, 0.717) is 18.8 Å². The summed E-state index contributed by atoms with van der Waals surface area (Å²) in [6.07, 6.45) is 4.15. The maximum atomic E-state index is 12.5. The Kier molecular flexibility index (Phi) is 4.44.